The number of carbonyl (C=O) groups is 2. The summed E-state index contributed by atoms with van der Waals surface area (Å²) >= 11 is 0. The van der Waals surface area contributed by atoms with Gasteiger partial charge >= 0.3 is 0 Å². The van der Waals surface area contributed by atoms with E-state index in [2.05, 4.69) is 27.7 Å². The molecule has 0 aromatic carbocycles. The molecule has 0 aliphatic heterocycles. The summed E-state index contributed by atoms with van der Waals surface area (Å²) in [6.45, 7) is 6.21. The van der Waals surface area contributed by atoms with Crippen LogP contribution in [0.3, 0.4) is 0 Å². The predicted octanol–water partition coefficient (Wildman–Crippen LogP) is 7.76. The van der Waals surface area contributed by atoms with Crippen LogP contribution in [0.15, 0.2) is 22.3 Å². The van der Waals surface area contributed by atoms with E-state index in [-0.39, 0.29) is 24.0 Å². The van der Waals surface area contributed by atoms with Gasteiger partial charge in [0.2, 0.25) is 0 Å². The molecule has 1 aliphatic carbocycles. The second kappa shape index (κ2) is 13.5. The minimum Gasteiger partial charge on any atom is -0.390 e. The Labute approximate surface area is 206 Å². The fraction of sp³-hybridized carbons (Fsp3) is 0.793. The second-order valence-corrected chi connectivity index (χ2v) is 10.9. The first kappa shape index (κ1) is 20.2. The minimum atomic E-state index is -2.92. The number of rotatable bonds is 15. The zero-order valence-electron chi connectivity index (χ0n) is 27.3. The van der Waals surface area contributed by atoms with Crippen LogP contribution >= 0.6 is 0 Å². The van der Waals surface area contributed by atoms with E-state index in [1.807, 2.05) is 0 Å². The van der Waals surface area contributed by atoms with Gasteiger partial charge in [-0.1, -0.05) is 79.1 Å². The first-order valence-corrected chi connectivity index (χ1v) is 12.5. The molecule has 3 nitrogen and oxygen atoms in total. The molecule has 0 aromatic heterocycles. The summed E-state index contributed by atoms with van der Waals surface area (Å²) in [5.41, 5.74) is -3.01. The van der Waals surface area contributed by atoms with Crippen LogP contribution in [0.4, 0.5) is 0 Å². The van der Waals surface area contributed by atoms with Crippen molar-refractivity contribution in [3.63, 3.8) is 0 Å². The molecule has 1 N–H and O–H groups in total. The summed E-state index contributed by atoms with van der Waals surface area (Å²) in [5, 5.41) is 11.0. The summed E-state index contributed by atoms with van der Waals surface area (Å²) in [6, 6.07) is 0. The normalized spacial score (nSPS) is 22.6. The third-order valence-electron chi connectivity index (χ3n) is 6.94. The van der Waals surface area contributed by atoms with Crippen molar-refractivity contribution < 1.29 is 22.9 Å². The van der Waals surface area contributed by atoms with Gasteiger partial charge in [-0.2, -0.15) is 0 Å². The minimum absolute atomic E-state index is 0.0961. The average Bonchev–Trinajstić information content (AvgIpc) is 2.73. The van der Waals surface area contributed by atoms with Gasteiger partial charge in [-0.15, -0.1) is 0 Å². The van der Waals surface area contributed by atoms with Gasteiger partial charge in [-0.3, -0.25) is 9.59 Å². The highest BCUT2D eigenvalue weighted by Crippen LogP contribution is 2.31. The topological polar surface area (TPSA) is 54.4 Å². The van der Waals surface area contributed by atoms with E-state index in [0.29, 0.717) is 12.3 Å². The first-order valence-electron chi connectivity index (χ1n) is 15.5. The molecule has 0 heterocycles. The van der Waals surface area contributed by atoms with Crippen LogP contribution in [0.5, 0.6) is 0 Å². The summed E-state index contributed by atoms with van der Waals surface area (Å²) < 4.78 is 46.2. The van der Waals surface area contributed by atoms with Crippen LogP contribution in [0.25, 0.3) is 0 Å². The zero-order chi connectivity index (χ0) is 29.5. The lowest BCUT2D eigenvalue weighted by Crippen LogP contribution is -2.27. The van der Waals surface area contributed by atoms with Crippen molar-refractivity contribution in [2.45, 2.75) is 131 Å². The molecule has 1 aliphatic rings. The Kier molecular flexibility index (Phi) is 8.50. The Bertz CT molecular complexity index is 878. The lowest BCUT2D eigenvalue weighted by atomic mass is 9.81. The Morgan fingerprint density at radius 2 is 1.31 bits per heavy atom. The molecule has 3 heteroatoms. The van der Waals surface area contributed by atoms with Crippen LogP contribution < -0.4 is 0 Å². The van der Waals surface area contributed by atoms with E-state index in [9.17, 15) is 14.7 Å². The van der Waals surface area contributed by atoms with E-state index in [1.165, 1.54) is 39.0 Å². The molecular weight excluding hydrogens is 396 g/mol. The summed E-state index contributed by atoms with van der Waals surface area (Å²) in [5.74, 6) is 0.215. The molecule has 0 unspecified atom stereocenters. The van der Waals surface area contributed by atoms with E-state index in [0.717, 1.165) is 31.1 Å². The highest BCUT2D eigenvalue weighted by atomic mass is 16.3. The molecule has 184 valence electrons. The molecule has 0 spiro atoms. The molecule has 32 heavy (non-hydrogen) atoms. The number of ketones is 2. The molecule has 3 atom stereocenters. The van der Waals surface area contributed by atoms with Crippen molar-refractivity contribution in [2.24, 2.45) is 17.8 Å². The molecule has 0 radical (unpaired) electrons. The monoisotopic (exact) mass is 452 g/mol. The Morgan fingerprint density at radius 3 is 1.84 bits per heavy atom. The van der Waals surface area contributed by atoms with Gasteiger partial charge in [0.25, 0.3) is 0 Å². The number of hydrogen-bond acceptors (Lipinski definition) is 3. The van der Waals surface area contributed by atoms with Gasteiger partial charge in [-0.05, 0) is 64.6 Å². The van der Waals surface area contributed by atoms with Crippen LogP contribution in [0.2, 0.25) is 0 Å². The third-order valence-corrected chi connectivity index (χ3v) is 6.94. The second-order valence-electron chi connectivity index (χ2n) is 10.9. The van der Waals surface area contributed by atoms with Gasteiger partial charge in [0, 0.05) is 30.5 Å². The van der Waals surface area contributed by atoms with E-state index in [1.54, 1.807) is 6.92 Å². The van der Waals surface area contributed by atoms with Crippen LogP contribution in [0, 0.1) is 17.8 Å². The largest absolute Gasteiger partial charge is 0.390 e. The Hall–Kier alpha value is -1.22. The van der Waals surface area contributed by atoms with Crippen molar-refractivity contribution in [1.29, 1.82) is 0 Å². The van der Waals surface area contributed by atoms with Crippen molar-refractivity contribution >= 4 is 11.6 Å². The van der Waals surface area contributed by atoms with Crippen molar-refractivity contribution in [3.05, 3.63) is 22.3 Å². The van der Waals surface area contributed by atoms with Gasteiger partial charge in [0.1, 0.15) is 0 Å². The summed E-state index contributed by atoms with van der Waals surface area (Å²) in [6.07, 6.45) is 9.76. The standard InChI is InChI=1S/C29H50O3/c1-20(2)12-9-13-21(3)14-10-15-22(4)16-11-18-29(8,32)19-17-26-25(7)27(30)23(5)24(6)28(26)31/h20-22,32H,9-19H2,1-8H3/t21-,22-,29-/m1/s1/i5D3,7D3. The van der Waals surface area contributed by atoms with Gasteiger partial charge in [0.05, 0.1) is 5.60 Å². The molecule has 0 saturated heterocycles. The van der Waals surface area contributed by atoms with Crippen LogP contribution in [-0.4, -0.2) is 22.3 Å². The number of allylic oxidation sites excluding steroid dienone is 4. The summed E-state index contributed by atoms with van der Waals surface area (Å²) in [7, 11) is 0. The lowest BCUT2D eigenvalue weighted by molar-refractivity contribution is -0.116. The molecule has 1 rings (SSSR count). The maximum Gasteiger partial charge on any atom is 0.185 e. The van der Waals surface area contributed by atoms with Gasteiger partial charge < -0.3 is 5.11 Å². The van der Waals surface area contributed by atoms with Crippen LogP contribution in [0.1, 0.15) is 134 Å². The summed E-state index contributed by atoms with van der Waals surface area (Å²) in [4.78, 5) is 25.9. The van der Waals surface area contributed by atoms with Crippen molar-refractivity contribution in [2.75, 3.05) is 0 Å². The third kappa shape index (κ3) is 9.73. The highest BCUT2D eigenvalue weighted by molar-refractivity contribution is 6.24. The van der Waals surface area contributed by atoms with Crippen molar-refractivity contribution in [3.8, 4) is 0 Å². The smallest absolute Gasteiger partial charge is 0.185 e. The van der Waals surface area contributed by atoms with E-state index in [4.69, 9.17) is 8.22 Å². The quantitative estimate of drug-likeness (QED) is 0.258. The number of hydrogen-bond donors (Lipinski definition) is 1. The molecule has 0 aromatic rings. The maximum atomic E-state index is 13.0. The predicted molar refractivity (Wildman–Crippen MR) is 136 cm³/mol. The lowest BCUT2D eigenvalue weighted by Gasteiger charge is -2.26. The van der Waals surface area contributed by atoms with Crippen molar-refractivity contribution in [1.82, 2.24) is 0 Å². The first-order chi connectivity index (χ1) is 17.3. The Morgan fingerprint density at radius 1 is 0.781 bits per heavy atom. The van der Waals surface area contributed by atoms with E-state index < -0.39 is 42.0 Å². The fourth-order valence-corrected chi connectivity index (χ4v) is 4.45. The molecular formula is C29H50O3. The van der Waals surface area contributed by atoms with E-state index >= 15 is 0 Å². The Balaban J connectivity index is 2.66. The number of aliphatic hydroxyl groups is 1. The molecule has 0 fully saturated rings. The SMILES string of the molecule is [2H]C([2H])([2H])C1=C(C)C(=O)C(CC[C@](C)(O)CCC[C@H](C)CCC[C@H](C)CCCC(C)C)=C(C([2H])([2H])[2H])C1=O. The van der Waals surface area contributed by atoms with Crippen LogP contribution in [-0.2, 0) is 9.59 Å². The van der Waals surface area contributed by atoms with Gasteiger partial charge in [0.15, 0.2) is 11.6 Å². The maximum absolute atomic E-state index is 13.0. The average molecular weight is 453 g/mol. The molecule has 0 saturated carbocycles. The fourth-order valence-electron chi connectivity index (χ4n) is 4.45. The zero-order valence-corrected chi connectivity index (χ0v) is 21.3. The molecule has 0 amide bonds. The highest BCUT2D eigenvalue weighted by Gasteiger charge is 2.29. The van der Waals surface area contributed by atoms with Gasteiger partial charge in [-0.25, -0.2) is 0 Å². The molecule has 0 bridgehead atoms. The number of Topliss-reactive ketones (excluding diaryl/α,β-unsaturated/α-hetero) is 2. The number of carbonyl (C=O) groups excluding carboxylic acids is 2.